The summed E-state index contributed by atoms with van der Waals surface area (Å²) in [4.78, 5) is 0. The fraction of sp³-hybridized carbons (Fsp3) is 0.688. The highest BCUT2D eigenvalue weighted by Gasteiger charge is 2.19. The van der Waals surface area contributed by atoms with Crippen molar-refractivity contribution in [1.82, 2.24) is 15.1 Å². The molecule has 0 aromatic carbocycles. The molecule has 0 saturated carbocycles. The van der Waals surface area contributed by atoms with Gasteiger partial charge in [0.05, 0.1) is 18.3 Å². The van der Waals surface area contributed by atoms with Crippen LogP contribution in [0.25, 0.3) is 0 Å². The van der Waals surface area contributed by atoms with Crippen molar-refractivity contribution in [2.24, 2.45) is 7.05 Å². The number of nitrogens with zero attached hydrogens (tertiary/aromatic N) is 2. The van der Waals surface area contributed by atoms with E-state index in [2.05, 4.69) is 37.3 Å². The lowest BCUT2D eigenvalue weighted by atomic mass is 10.0. The van der Waals surface area contributed by atoms with Crippen molar-refractivity contribution in [1.29, 1.82) is 0 Å². The maximum atomic E-state index is 5.74. The van der Waals surface area contributed by atoms with Crippen molar-refractivity contribution < 1.29 is 4.74 Å². The fourth-order valence-corrected chi connectivity index (χ4v) is 2.81. The topological polar surface area (TPSA) is 39.1 Å². The average Bonchev–Trinajstić information content (AvgIpc) is 3.02. The van der Waals surface area contributed by atoms with Crippen LogP contribution in [0, 0.1) is 13.8 Å². The molecule has 2 heterocycles. The molecule has 0 bridgehead atoms. The Morgan fingerprint density at radius 3 is 2.80 bits per heavy atom. The second kappa shape index (κ2) is 6.93. The first-order valence-corrected chi connectivity index (χ1v) is 7.68. The number of rotatable bonds is 7. The van der Waals surface area contributed by atoms with E-state index >= 15 is 0 Å². The van der Waals surface area contributed by atoms with E-state index in [0.29, 0.717) is 6.04 Å². The number of aromatic nitrogens is 2. The normalized spacial score (nSPS) is 16.1. The standard InChI is InChI=1S/C16H27N3O/c1-5-10-17-15(16-7-6-11-20-16)9-8-14-12(2)18-19(4)13(14)3/h7,15,17H,5-6,8-11H2,1-4H3. The van der Waals surface area contributed by atoms with Crippen LogP contribution in [-0.4, -0.2) is 29.0 Å². The van der Waals surface area contributed by atoms with Crippen molar-refractivity contribution in [3.05, 3.63) is 28.8 Å². The van der Waals surface area contributed by atoms with Gasteiger partial charge < -0.3 is 10.1 Å². The summed E-state index contributed by atoms with van der Waals surface area (Å²) < 4.78 is 7.72. The van der Waals surface area contributed by atoms with Gasteiger partial charge in [-0.2, -0.15) is 5.10 Å². The van der Waals surface area contributed by atoms with Crippen LogP contribution in [0.3, 0.4) is 0 Å². The van der Waals surface area contributed by atoms with Gasteiger partial charge in [0.25, 0.3) is 0 Å². The summed E-state index contributed by atoms with van der Waals surface area (Å²) in [5.41, 5.74) is 3.81. The Balaban J connectivity index is 2.00. The van der Waals surface area contributed by atoms with Crippen LogP contribution in [0.15, 0.2) is 11.8 Å². The number of nitrogens with one attached hydrogen (secondary N) is 1. The number of aryl methyl sites for hydroxylation is 2. The Hall–Kier alpha value is -1.29. The van der Waals surface area contributed by atoms with E-state index in [-0.39, 0.29) is 0 Å². The number of ether oxygens (including phenoxy) is 1. The van der Waals surface area contributed by atoms with Gasteiger partial charge in [0.15, 0.2) is 0 Å². The Labute approximate surface area is 122 Å². The van der Waals surface area contributed by atoms with Gasteiger partial charge in [-0.3, -0.25) is 4.68 Å². The quantitative estimate of drug-likeness (QED) is 0.833. The molecule has 20 heavy (non-hydrogen) atoms. The van der Waals surface area contributed by atoms with Crippen LogP contribution in [0.1, 0.15) is 43.1 Å². The van der Waals surface area contributed by atoms with Crippen molar-refractivity contribution in [3.8, 4) is 0 Å². The van der Waals surface area contributed by atoms with Gasteiger partial charge in [-0.25, -0.2) is 0 Å². The summed E-state index contributed by atoms with van der Waals surface area (Å²) in [5.74, 6) is 1.14. The van der Waals surface area contributed by atoms with E-state index < -0.39 is 0 Å². The first-order valence-electron chi connectivity index (χ1n) is 7.68. The third-order valence-corrected chi connectivity index (χ3v) is 4.06. The van der Waals surface area contributed by atoms with Gasteiger partial charge >= 0.3 is 0 Å². The lowest BCUT2D eigenvalue weighted by Gasteiger charge is -2.19. The highest BCUT2D eigenvalue weighted by Crippen LogP contribution is 2.20. The smallest absolute Gasteiger partial charge is 0.109 e. The molecule has 0 spiro atoms. The Morgan fingerprint density at radius 2 is 2.25 bits per heavy atom. The van der Waals surface area contributed by atoms with Crippen molar-refractivity contribution >= 4 is 0 Å². The molecule has 1 unspecified atom stereocenters. The van der Waals surface area contributed by atoms with Gasteiger partial charge in [0, 0.05) is 19.2 Å². The van der Waals surface area contributed by atoms with Crippen LogP contribution in [-0.2, 0) is 18.2 Å². The summed E-state index contributed by atoms with van der Waals surface area (Å²) in [6.07, 6.45) is 6.54. The maximum absolute atomic E-state index is 5.74. The second-order valence-electron chi connectivity index (χ2n) is 5.56. The van der Waals surface area contributed by atoms with Crippen LogP contribution < -0.4 is 5.32 Å². The zero-order chi connectivity index (χ0) is 14.5. The summed E-state index contributed by atoms with van der Waals surface area (Å²) in [7, 11) is 2.02. The molecule has 0 saturated heterocycles. The summed E-state index contributed by atoms with van der Waals surface area (Å²) in [6.45, 7) is 8.32. The van der Waals surface area contributed by atoms with E-state index in [0.717, 1.165) is 50.3 Å². The zero-order valence-electron chi connectivity index (χ0n) is 13.2. The first kappa shape index (κ1) is 15.1. The van der Waals surface area contributed by atoms with Crippen LogP contribution >= 0.6 is 0 Å². The third-order valence-electron chi connectivity index (χ3n) is 4.06. The molecule has 0 amide bonds. The van der Waals surface area contributed by atoms with Gasteiger partial charge in [-0.1, -0.05) is 6.92 Å². The molecule has 1 aromatic heterocycles. The molecule has 1 aromatic rings. The number of hydrogen-bond acceptors (Lipinski definition) is 3. The largest absolute Gasteiger partial charge is 0.496 e. The minimum atomic E-state index is 0.344. The lowest BCUT2D eigenvalue weighted by Crippen LogP contribution is -2.32. The van der Waals surface area contributed by atoms with Gasteiger partial charge in [-0.15, -0.1) is 0 Å². The average molecular weight is 277 g/mol. The molecule has 4 nitrogen and oxygen atoms in total. The highest BCUT2D eigenvalue weighted by atomic mass is 16.5. The molecule has 1 aliphatic heterocycles. The summed E-state index contributed by atoms with van der Waals surface area (Å²) in [5, 5.41) is 8.11. The molecular formula is C16H27N3O. The van der Waals surface area contributed by atoms with E-state index in [1.54, 1.807) is 0 Å². The maximum Gasteiger partial charge on any atom is 0.109 e. The highest BCUT2D eigenvalue weighted by molar-refractivity contribution is 5.25. The van der Waals surface area contributed by atoms with Crippen molar-refractivity contribution in [2.75, 3.05) is 13.2 Å². The molecular weight excluding hydrogens is 250 g/mol. The predicted octanol–water partition coefficient (Wildman–Crippen LogP) is 2.64. The Morgan fingerprint density at radius 1 is 1.45 bits per heavy atom. The second-order valence-corrected chi connectivity index (χ2v) is 5.56. The summed E-state index contributed by atoms with van der Waals surface area (Å²) in [6, 6.07) is 0.344. The van der Waals surface area contributed by atoms with E-state index in [9.17, 15) is 0 Å². The fourth-order valence-electron chi connectivity index (χ4n) is 2.81. The lowest BCUT2D eigenvalue weighted by molar-refractivity contribution is 0.211. The van der Waals surface area contributed by atoms with E-state index in [4.69, 9.17) is 4.74 Å². The van der Waals surface area contributed by atoms with E-state index in [1.807, 2.05) is 11.7 Å². The zero-order valence-corrected chi connectivity index (χ0v) is 13.2. The molecule has 0 aliphatic carbocycles. The van der Waals surface area contributed by atoms with E-state index in [1.165, 1.54) is 11.3 Å². The minimum Gasteiger partial charge on any atom is -0.496 e. The molecule has 1 aliphatic rings. The van der Waals surface area contributed by atoms with Crippen LogP contribution in [0.4, 0.5) is 0 Å². The molecule has 2 rings (SSSR count). The Kier molecular flexibility index (Phi) is 5.24. The first-order chi connectivity index (χ1) is 9.63. The monoisotopic (exact) mass is 277 g/mol. The van der Waals surface area contributed by atoms with Gasteiger partial charge in [0.2, 0.25) is 0 Å². The molecule has 1 atom stereocenters. The van der Waals surface area contributed by atoms with Gasteiger partial charge in [-0.05, 0) is 51.3 Å². The third kappa shape index (κ3) is 3.42. The molecule has 4 heteroatoms. The van der Waals surface area contributed by atoms with Gasteiger partial charge in [0.1, 0.15) is 5.76 Å². The SMILES string of the molecule is CCCNC(CCc1c(C)nn(C)c1C)C1=CCCO1. The number of hydrogen-bond donors (Lipinski definition) is 1. The molecule has 0 radical (unpaired) electrons. The molecule has 112 valence electrons. The molecule has 1 N–H and O–H groups in total. The predicted molar refractivity (Wildman–Crippen MR) is 81.7 cm³/mol. The molecule has 0 fully saturated rings. The summed E-state index contributed by atoms with van der Waals surface area (Å²) >= 11 is 0. The Bertz CT molecular complexity index is 476. The van der Waals surface area contributed by atoms with Crippen LogP contribution in [0.5, 0.6) is 0 Å². The van der Waals surface area contributed by atoms with Crippen LogP contribution in [0.2, 0.25) is 0 Å². The van der Waals surface area contributed by atoms with Crippen molar-refractivity contribution in [3.63, 3.8) is 0 Å². The minimum absolute atomic E-state index is 0.344. The van der Waals surface area contributed by atoms with Crippen molar-refractivity contribution in [2.45, 2.75) is 52.5 Å².